The Hall–Kier alpha value is -7.82. The number of aromatic nitrogens is 3. The zero-order valence-corrected chi connectivity index (χ0v) is 35.1. The first-order chi connectivity index (χ1) is 31.3. The topological polar surface area (TPSA) is 18.0 Å². The van der Waals surface area contributed by atoms with Gasteiger partial charge >= 0.3 is 0 Å². The van der Waals surface area contributed by atoms with E-state index in [1.165, 1.54) is 105 Å². The van der Waals surface area contributed by atoms with E-state index in [2.05, 4.69) is 238 Å². The van der Waals surface area contributed by atoms with Crippen molar-refractivity contribution in [1.82, 2.24) is 13.7 Å². The second-order valence-corrected chi connectivity index (χ2v) is 17.1. The second kappa shape index (κ2) is 14.1. The molecular formula is C59H44N4. The smallest absolute Gasteiger partial charge is 0.0853 e. The number of benzene rings is 8. The fourth-order valence-electron chi connectivity index (χ4n) is 11.3. The maximum absolute atomic E-state index is 2.64. The summed E-state index contributed by atoms with van der Waals surface area (Å²) >= 11 is 0. The number of rotatable bonds is 7. The van der Waals surface area contributed by atoms with Gasteiger partial charge in [-0.25, -0.2) is 0 Å². The summed E-state index contributed by atoms with van der Waals surface area (Å²) in [6.07, 6.45) is 9.42. The summed E-state index contributed by atoms with van der Waals surface area (Å²) < 4.78 is 7.71. The van der Waals surface area contributed by atoms with Crippen LogP contribution in [0, 0.1) is 0 Å². The van der Waals surface area contributed by atoms with E-state index >= 15 is 0 Å². The maximum atomic E-state index is 2.64. The number of hydrogen-bond donors (Lipinski definition) is 0. The molecule has 63 heavy (non-hydrogen) atoms. The van der Waals surface area contributed by atoms with Gasteiger partial charge in [0, 0.05) is 79.6 Å². The third kappa shape index (κ3) is 5.28. The maximum Gasteiger partial charge on any atom is 0.0853 e. The predicted molar refractivity (Wildman–Crippen MR) is 265 cm³/mol. The highest BCUT2D eigenvalue weighted by Gasteiger charge is 2.44. The zero-order chi connectivity index (χ0) is 41.6. The minimum absolute atomic E-state index is 0.113. The number of allylic oxidation sites excluding steroid dienone is 1. The van der Waals surface area contributed by atoms with Crippen molar-refractivity contribution < 1.29 is 0 Å². The van der Waals surface area contributed by atoms with E-state index in [4.69, 9.17) is 0 Å². The van der Waals surface area contributed by atoms with Gasteiger partial charge in [0.2, 0.25) is 0 Å². The van der Waals surface area contributed by atoms with Crippen molar-refractivity contribution in [3.8, 4) is 5.69 Å². The Bertz CT molecular complexity index is 3650. The molecule has 3 aromatic heterocycles. The van der Waals surface area contributed by atoms with Crippen molar-refractivity contribution >= 4 is 78.0 Å². The first-order valence-corrected chi connectivity index (χ1v) is 22.2. The van der Waals surface area contributed by atoms with Crippen molar-refractivity contribution in [2.24, 2.45) is 0 Å². The van der Waals surface area contributed by atoms with Gasteiger partial charge < -0.3 is 18.6 Å². The minimum atomic E-state index is 0.113. The van der Waals surface area contributed by atoms with Crippen molar-refractivity contribution in [3.05, 3.63) is 234 Å². The van der Waals surface area contributed by atoms with Gasteiger partial charge in [0.05, 0.1) is 28.3 Å². The van der Waals surface area contributed by atoms with Crippen molar-refractivity contribution in [3.63, 3.8) is 0 Å². The van der Waals surface area contributed by atoms with Crippen LogP contribution < -0.4 is 4.90 Å². The van der Waals surface area contributed by atoms with E-state index in [9.17, 15) is 0 Å². The highest BCUT2D eigenvalue weighted by atomic mass is 15.2. The van der Waals surface area contributed by atoms with Gasteiger partial charge in [-0.15, -0.1) is 0 Å². The molecule has 2 aliphatic rings. The molecule has 2 atom stereocenters. The normalized spacial score (nSPS) is 15.7. The molecule has 0 spiro atoms. The van der Waals surface area contributed by atoms with E-state index in [0.29, 0.717) is 0 Å². The molecule has 1 aliphatic carbocycles. The molecule has 11 aromatic rings. The second-order valence-electron chi connectivity index (χ2n) is 17.1. The highest BCUT2D eigenvalue weighted by Crippen LogP contribution is 2.57. The van der Waals surface area contributed by atoms with Gasteiger partial charge in [0.25, 0.3) is 0 Å². The van der Waals surface area contributed by atoms with Crippen LogP contribution >= 0.6 is 0 Å². The molecular weight excluding hydrogens is 765 g/mol. The molecule has 0 N–H and O–H groups in total. The first-order valence-electron chi connectivity index (χ1n) is 22.2. The number of hydrogen-bond acceptors (Lipinski definition) is 1. The van der Waals surface area contributed by atoms with Crippen LogP contribution in [0.3, 0.4) is 0 Å². The molecule has 0 amide bonds. The SMILES string of the molecule is C/C=C\c1c(Cn2c3c(c4ccccc42)C=C[C@@H]2c4ccccc4N(c4ccccc4)C32)cccc1Cn1c2ccccc2c2ccc3c4ccccc4n(-c4ccccc4)c3c21. The van der Waals surface area contributed by atoms with Crippen LogP contribution in [-0.2, 0) is 13.1 Å². The molecule has 0 fully saturated rings. The lowest BCUT2D eigenvalue weighted by Crippen LogP contribution is -2.26. The van der Waals surface area contributed by atoms with Gasteiger partial charge in [-0.1, -0.05) is 164 Å². The molecule has 0 saturated carbocycles. The fourth-order valence-corrected chi connectivity index (χ4v) is 11.3. The third-order valence-electron chi connectivity index (χ3n) is 13.9. The standard InChI is InChI=1S/C59H44N4/c1-2-18-43-39(37-60-52-29-13-9-25-44(52)48-33-35-50-46-27-11-15-31-54(46)62(58(50)56(48)60)41-21-5-3-6-22-41)19-17-20-40(43)38-61-53-30-14-10-26-45(53)49-34-36-51-47-28-12-16-32-55(47)63(59(51)57(49)61)42-23-7-4-8-24-42/h2-36,50,58H,37-38H2,1H3/b18-2-/t50-,58?/m1/s1. The van der Waals surface area contributed by atoms with Gasteiger partial charge in [-0.2, -0.15) is 0 Å². The minimum Gasteiger partial charge on any atom is -0.338 e. The van der Waals surface area contributed by atoms with Gasteiger partial charge in [0.15, 0.2) is 0 Å². The van der Waals surface area contributed by atoms with Crippen LogP contribution in [0.2, 0.25) is 0 Å². The van der Waals surface area contributed by atoms with Crippen LogP contribution in [0.5, 0.6) is 0 Å². The van der Waals surface area contributed by atoms with E-state index in [1.54, 1.807) is 0 Å². The van der Waals surface area contributed by atoms with Gasteiger partial charge in [0.1, 0.15) is 0 Å². The lowest BCUT2D eigenvalue weighted by atomic mass is 9.86. The van der Waals surface area contributed by atoms with Crippen LogP contribution in [0.15, 0.2) is 200 Å². The molecule has 1 unspecified atom stereocenters. The summed E-state index contributed by atoms with van der Waals surface area (Å²) in [5, 5.41) is 6.39. The molecule has 1 aliphatic heterocycles. The predicted octanol–water partition coefficient (Wildman–Crippen LogP) is 15.0. The quantitative estimate of drug-likeness (QED) is 0.157. The zero-order valence-electron chi connectivity index (χ0n) is 35.1. The molecule has 4 heterocycles. The molecule has 0 radical (unpaired) electrons. The Labute approximate surface area is 366 Å². The molecule has 300 valence electrons. The Morgan fingerprint density at radius 1 is 0.476 bits per heavy atom. The van der Waals surface area contributed by atoms with E-state index in [1.807, 2.05) is 0 Å². The summed E-state index contributed by atoms with van der Waals surface area (Å²) in [6, 6.07) is 69.5. The monoisotopic (exact) mass is 808 g/mol. The van der Waals surface area contributed by atoms with Crippen LogP contribution in [0.25, 0.3) is 72.4 Å². The van der Waals surface area contributed by atoms with Crippen molar-refractivity contribution in [1.29, 1.82) is 0 Å². The van der Waals surface area contributed by atoms with Crippen LogP contribution in [0.1, 0.15) is 52.4 Å². The summed E-state index contributed by atoms with van der Waals surface area (Å²) in [5.74, 6) is 0.233. The lowest BCUT2D eigenvalue weighted by molar-refractivity contribution is 0.605. The van der Waals surface area contributed by atoms with Gasteiger partial charge in [-0.05, 0) is 77.7 Å². The molecule has 13 rings (SSSR count). The Balaban J connectivity index is 1.01. The summed E-state index contributed by atoms with van der Waals surface area (Å²) in [7, 11) is 0. The number of para-hydroxylation sites is 6. The average molecular weight is 809 g/mol. The number of fused-ring (bicyclic) bond motifs is 14. The average Bonchev–Trinajstić information content (AvgIpc) is 4.06. The van der Waals surface area contributed by atoms with E-state index in [0.717, 1.165) is 13.1 Å². The van der Waals surface area contributed by atoms with E-state index < -0.39 is 0 Å². The summed E-state index contributed by atoms with van der Waals surface area (Å²) in [5.41, 5.74) is 17.9. The summed E-state index contributed by atoms with van der Waals surface area (Å²) in [6.45, 7) is 3.62. The molecule has 8 aromatic carbocycles. The van der Waals surface area contributed by atoms with E-state index in [-0.39, 0.29) is 12.0 Å². The lowest BCUT2D eigenvalue weighted by Gasteiger charge is -2.33. The molecule has 0 bridgehead atoms. The highest BCUT2D eigenvalue weighted by molar-refractivity contribution is 6.23. The number of anilines is 2. The first kappa shape index (κ1) is 35.9. The van der Waals surface area contributed by atoms with Crippen LogP contribution in [-0.4, -0.2) is 13.7 Å². The molecule has 0 saturated heterocycles. The Morgan fingerprint density at radius 3 is 1.78 bits per heavy atom. The van der Waals surface area contributed by atoms with Gasteiger partial charge in [-0.3, -0.25) is 0 Å². The molecule has 4 nitrogen and oxygen atoms in total. The molecule has 4 heteroatoms. The fraction of sp³-hybridized carbons (Fsp3) is 0.0847. The Morgan fingerprint density at radius 2 is 1.05 bits per heavy atom. The van der Waals surface area contributed by atoms with Crippen molar-refractivity contribution in [2.75, 3.05) is 4.90 Å². The Kier molecular flexibility index (Phi) is 8.04. The van der Waals surface area contributed by atoms with Crippen molar-refractivity contribution in [2.45, 2.75) is 32.0 Å². The summed E-state index contributed by atoms with van der Waals surface area (Å²) in [4.78, 5) is 2.60. The largest absolute Gasteiger partial charge is 0.338 e. The van der Waals surface area contributed by atoms with Crippen LogP contribution in [0.4, 0.5) is 11.4 Å². The third-order valence-corrected chi connectivity index (χ3v) is 13.9. The number of nitrogens with zero attached hydrogens (tertiary/aromatic N) is 4.